The van der Waals surface area contributed by atoms with Crippen molar-refractivity contribution in [2.24, 2.45) is 5.92 Å². The van der Waals surface area contributed by atoms with Crippen LogP contribution in [0.1, 0.15) is 40.9 Å². The lowest BCUT2D eigenvalue weighted by Gasteiger charge is -2.48. The average Bonchev–Trinajstić information content (AvgIpc) is 3.63. The van der Waals surface area contributed by atoms with Gasteiger partial charge in [-0.3, -0.25) is 19.5 Å². The number of fused-ring (bicyclic) bond motifs is 3. The topological polar surface area (TPSA) is 98.4 Å². The third kappa shape index (κ3) is 4.15. The van der Waals surface area contributed by atoms with Crippen molar-refractivity contribution in [3.05, 3.63) is 89.6 Å². The number of carbonyl (C=O) groups excluding carboxylic acids is 3. The molecule has 0 bridgehead atoms. The zero-order valence-corrected chi connectivity index (χ0v) is 22.2. The molecule has 4 aromatic rings. The number of aromatic amines is 1. The Kier molecular flexibility index (Phi) is 5.91. The Morgan fingerprint density at radius 3 is 2.45 bits per heavy atom. The minimum absolute atomic E-state index is 0.0515. The first-order valence-electron chi connectivity index (χ1n) is 14.0. The van der Waals surface area contributed by atoms with Gasteiger partial charge in [0.1, 0.15) is 0 Å². The molecule has 2 saturated heterocycles. The number of rotatable bonds is 3. The predicted molar refractivity (Wildman–Crippen MR) is 151 cm³/mol. The molecule has 8 nitrogen and oxygen atoms in total. The molecule has 2 fully saturated rings. The van der Waals surface area contributed by atoms with Crippen LogP contribution in [0.25, 0.3) is 22.0 Å². The summed E-state index contributed by atoms with van der Waals surface area (Å²) in [5.74, 6) is -0.345. The number of piperidine rings is 1. The summed E-state index contributed by atoms with van der Waals surface area (Å²) in [6.45, 7) is 2.78. The molecule has 8 heteroatoms. The molecule has 3 aliphatic rings. The smallest absolute Gasteiger partial charge is 0.275 e. The quantitative estimate of drug-likeness (QED) is 0.418. The maximum Gasteiger partial charge on any atom is 0.275 e. The van der Waals surface area contributed by atoms with Crippen LogP contribution in [0.15, 0.2) is 72.8 Å². The first-order chi connectivity index (χ1) is 19.5. The van der Waals surface area contributed by atoms with Gasteiger partial charge in [-0.1, -0.05) is 60.7 Å². The number of aromatic nitrogens is 2. The number of hydrogen-bond acceptors (Lipinski definition) is 4. The Labute approximate surface area is 232 Å². The van der Waals surface area contributed by atoms with Crippen LogP contribution < -0.4 is 5.32 Å². The van der Waals surface area contributed by atoms with Gasteiger partial charge >= 0.3 is 0 Å². The van der Waals surface area contributed by atoms with E-state index in [1.54, 1.807) is 0 Å². The standard InChI is InChI=1S/C32H31N5O3/c38-28-17-24(18-33-28)30(39)36-14-12-32(13-15-36)20-37(19-23-8-4-5-9-26(23)32)31(40)29-25-11-10-22(16-27(25)34-35-29)21-6-2-1-3-7-21/h1-11,16,24H,12-15,17-20H2,(H,33,38)(H,34,35). The molecule has 0 aliphatic carbocycles. The van der Waals surface area contributed by atoms with Crippen molar-refractivity contribution in [2.45, 2.75) is 31.2 Å². The van der Waals surface area contributed by atoms with E-state index < -0.39 is 0 Å². The summed E-state index contributed by atoms with van der Waals surface area (Å²) in [6, 6.07) is 24.6. The van der Waals surface area contributed by atoms with Crippen LogP contribution in [0, 0.1) is 5.92 Å². The van der Waals surface area contributed by atoms with E-state index in [2.05, 4.69) is 45.8 Å². The fraction of sp³-hybridized carbons (Fsp3) is 0.312. The zero-order chi connectivity index (χ0) is 27.3. The van der Waals surface area contributed by atoms with E-state index in [1.807, 2.05) is 52.3 Å². The van der Waals surface area contributed by atoms with Crippen LogP contribution in [-0.4, -0.2) is 63.9 Å². The number of nitrogens with zero attached hydrogens (tertiary/aromatic N) is 3. The van der Waals surface area contributed by atoms with Crippen molar-refractivity contribution >= 4 is 28.6 Å². The van der Waals surface area contributed by atoms with Crippen LogP contribution in [-0.2, 0) is 21.5 Å². The molecule has 0 radical (unpaired) electrons. The summed E-state index contributed by atoms with van der Waals surface area (Å²) in [5, 5.41) is 11.2. The van der Waals surface area contributed by atoms with Crippen molar-refractivity contribution < 1.29 is 14.4 Å². The molecule has 7 rings (SSSR count). The first kappa shape index (κ1) is 24.6. The van der Waals surface area contributed by atoms with E-state index in [0.717, 1.165) is 40.4 Å². The van der Waals surface area contributed by atoms with Crippen molar-refractivity contribution in [2.75, 3.05) is 26.2 Å². The molecule has 1 aromatic heterocycles. The lowest BCUT2D eigenvalue weighted by molar-refractivity contribution is -0.137. The second-order valence-corrected chi connectivity index (χ2v) is 11.3. The third-order valence-corrected chi connectivity index (χ3v) is 8.96. The van der Waals surface area contributed by atoms with Crippen LogP contribution in [0.2, 0.25) is 0 Å². The summed E-state index contributed by atoms with van der Waals surface area (Å²) >= 11 is 0. The van der Waals surface area contributed by atoms with Gasteiger partial charge < -0.3 is 15.1 Å². The fourth-order valence-electron chi connectivity index (χ4n) is 6.79. The van der Waals surface area contributed by atoms with E-state index >= 15 is 0 Å². The average molecular weight is 534 g/mol. The number of carbonyl (C=O) groups is 3. The van der Waals surface area contributed by atoms with Gasteiger partial charge in [0, 0.05) is 49.9 Å². The van der Waals surface area contributed by atoms with E-state index in [1.165, 1.54) is 5.56 Å². The summed E-state index contributed by atoms with van der Waals surface area (Å²) in [7, 11) is 0. The van der Waals surface area contributed by atoms with Gasteiger partial charge in [-0.2, -0.15) is 5.10 Å². The van der Waals surface area contributed by atoms with Crippen LogP contribution in [0.4, 0.5) is 0 Å². The number of nitrogens with one attached hydrogen (secondary N) is 2. The minimum Gasteiger partial charge on any atom is -0.355 e. The lowest BCUT2D eigenvalue weighted by atomic mass is 9.68. The van der Waals surface area contributed by atoms with Crippen molar-refractivity contribution in [1.82, 2.24) is 25.3 Å². The van der Waals surface area contributed by atoms with Crippen molar-refractivity contribution in [3.8, 4) is 11.1 Å². The Bertz CT molecular complexity index is 1620. The van der Waals surface area contributed by atoms with Gasteiger partial charge in [-0.05, 0) is 47.2 Å². The highest BCUT2D eigenvalue weighted by Crippen LogP contribution is 2.42. The highest BCUT2D eigenvalue weighted by molar-refractivity contribution is 6.05. The largest absolute Gasteiger partial charge is 0.355 e. The highest BCUT2D eigenvalue weighted by atomic mass is 16.2. The Morgan fingerprint density at radius 1 is 0.900 bits per heavy atom. The zero-order valence-electron chi connectivity index (χ0n) is 22.2. The molecule has 0 saturated carbocycles. The molecular formula is C32H31N5O3. The second kappa shape index (κ2) is 9.62. The summed E-state index contributed by atoms with van der Waals surface area (Å²) in [6.07, 6.45) is 1.82. The summed E-state index contributed by atoms with van der Waals surface area (Å²) < 4.78 is 0. The SMILES string of the molecule is O=C1CC(C(=O)N2CCC3(CC2)CN(C(=O)c2n[nH]c4cc(-c5ccccc5)ccc24)Cc2ccccc23)CN1. The summed E-state index contributed by atoms with van der Waals surface area (Å²) in [5.41, 5.74) is 5.67. The van der Waals surface area contributed by atoms with Gasteiger partial charge in [0.15, 0.2) is 5.69 Å². The molecule has 3 aromatic carbocycles. The van der Waals surface area contributed by atoms with Gasteiger partial charge in [-0.15, -0.1) is 0 Å². The van der Waals surface area contributed by atoms with E-state index in [9.17, 15) is 14.4 Å². The van der Waals surface area contributed by atoms with Crippen LogP contribution >= 0.6 is 0 Å². The highest BCUT2D eigenvalue weighted by Gasteiger charge is 2.45. The Balaban J connectivity index is 1.14. The monoisotopic (exact) mass is 533 g/mol. The van der Waals surface area contributed by atoms with E-state index in [-0.39, 0.29) is 35.5 Å². The van der Waals surface area contributed by atoms with Gasteiger partial charge in [-0.25, -0.2) is 0 Å². The van der Waals surface area contributed by atoms with Gasteiger partial charge in [0.05, 0.1) is 11.4 Å². The molecule has 202 valence electrons. The molecule has 40 heavy (non-hydrogen) atoms. The van der Waals surface area contributed by atoms with E-state index in [4.69, 9.17) is 0 Å². The van der Waals surface area contributed by atoms with Crippen molar-refractivity contribution in [1.29, 1.82) is 0 Å². The molecule has 4 heterocycles. The number of amides is 3. The van der Waals surface area contributed by atoms with Gasteiger partial charge in [0.2, 0.25) is 11.8 Å². The maximum absolute atomic E-state index is 14.0. The van der Waals surface area contributed by atoms with Crippen LogP contribution in [0.3, 0.4) is 0 Å². The molecule has 1 spiro atoms. The molecule has 2 N–H and O–H groups in total. The molecule has 1 atom stereocenters. The molecular weight excluding hydrogens is 502 g/mol. The molecule has 1 unspecified atom stereocenters. The molecule has 3 amide bonds. The summed E-state index contributed by atoms with van der Waals surface area (Å²) in [4.78, 5) is 42.6. The number of H-pyrrole nitrogens is 1. The second-order valence-electron chi connectivity index (χ2n) is 11.3. The number of likely N-dealkylation sites (tertiary alicyclic amines) is 1. The lowest BCUT2D eigenvalue weighted by Crippen LogP contribution is -2.54. The third-order valence-electron chi connectivity index (χ3n) is 8.96. The first-order valence-corrected chi connectivity index (χ1v) is 14.0. The number of benzene rings is 3. The van der Waals surface area contributed by atoms with E-state index in [0.29, 0.717) is 38.4 Å². The Morgan fingerprint density at radius 2 is 1.68 bits per heavy atom. The molecule has 3 aliphatic heterocycles. The Hall–Kier alpha value is -4.46. The van der Waals surface area contributed by atoms with Crippen LogP contribution in [0.5, 0.6) is 0 Å². The normalized spacial score (nSPS) is 20.0. The van der Waals surface area contributed by atoms with Crippen molar-refractivity contribution in [3.63, 3.8) is 0 Å². The van der Waals surface area contributed by atoms with Gasteiger partial charge in [0.25, 0.3) is 5.91 Å². The predicted octanol–water partition coefficient (Wildman–Crippen LogP) is 3.88. The minimum atomic E-state index is -0.270. The maximum atomic E-state index is 14.0. The fourth-order valence-corrected chi connectivity index (χ4v) is 6.79. The number of hydrogen-bond donors (Lipinski definition) is 2.